The molecule has 1 N–H and O–H groups in total. The van der Waals surface area contributed by atoms with Crippen molar-refractivity contribution in [3.05, 3.63) is 58.3 Å². The van der Waals surface area contributed by atoms with Gasteiger partial charge in [0.05, 0.1) is 11.2 Å². The summed E-state index contributed by atoms with van der Waals surface area (Å²) in [6.45, 7) is 3.44. The van der Waals surface area contributed by atoms with Crippen LogP contribution in [-0.2, 0) is 0 Å². The lowest BCUT2D eigenvalue weighted by Gasteiger charge is -2.31. The molecule has 0 bridgehead atoms. The Hall–Kier alpha value is -2.47. The number of aromatic amines is 1. The van der Waals surface area contributed by atoms with Gasteiger partial charge in [-0.25, -0.2) is 4.98 Å². The Morgan fingerprint density at radius 2 is 2.00 bits per heavy atom. The molecule has 1 aromatic carbocycles. The predicted octanol–water partition coefficient (Wildman–Crippen LogP) is 3.86. The number of nitrogens with zero attached hydrogens (tertiary/aromatic N) is 3. The Balaban J connectivity index is 1.46. The number of carbonyl (C=O) groups is 1. The van der Waals surface area contributed by atoms with Crippen molar-refractivity contribution < 1.29 is 4.79 Å². The smallest absolute Gasteiger partial charge is 0.273 e. The Kier molecular flexibility index (Phi) is 4.36. The molecule has 25 heavy (non-hydrogen) atoms. The summed E-state index contributed by atoms with van der Waals surface area (Å²) in [5.74, 6) is 0.453. The molecule has 1 saturated heterocycles. The van der Waals surface area contributed by atoms with Gasteiger partial charge in [0.2, 0.25) is 0 Å². The second-order valence-corrected chi connectivity index (χ2v) is 7.44. The molecule has 0 unspecified atom stereocenters. The molecule has 1 amide bonds. The number of nitrogens with one attached hydrogen (secondary N) is 1. The molecular formula is C19H20N4OS. The fourth-order valence-corrected chi connectivity index (χ4v) is 4.04. The van der Waals surface area contributed by atoms with E-state index in [0.717, 1.165) is 30.9 Å². The van der Waals surface area contributed by atoms with E-state index in [1.165, 1.54) is 28.2 Å². The number of thiazole rings is 1. The monoisotopic (exact) mass is 352 g/mol. The largest absolute Gasteiger partial charge is 0.337 e. The van der Waals surface area contributed by atoms with Crippen LogP contribution in [0.25, 0.3) is 11.1 Å². The van der Waals surface area contributed by atoms with Gasteiger partial charge in [-0.1, -0.05) is 30.3 Å². The average Bonchev–Trinajstić information content (AvgIpc) is 3.31. The minimum absolute atomic E-state index is 0.0516. The highest BCUT2D eigenvalue weighted by Gasteiger charge is 2.28. The van der Waals surface area contributed by atoms with E-state index < -0.39 is 0 Å². The summed E-state index contributed by atoms with van der Waals surface area (Å²) in [7, 11) is 0. The minimum Gasteiger partial charge on any atom is -0.337 e. The fourth-order valence-electron chi connectivity index (χ4n) is 3.45. The van der Waals surface area contributed by atoms with Gasteiger partial charge in [-0.3, -0.25) is 9.89 Å². The van der Waals surface area contributed by atoms with Crippen molar-refractivity contribution >= 4 is 17.2 Å². The molecule has 1 aliphatic heterocycles. The zero-order valence-electron chi connectivity index (χ0n) is 14.1. The van der Waals surface area contributed by atoms with Crippen molar-refractivity contribution in [2.75, 3.05) is 13.1 Å². The van der Waals surface area contributed by atoms with E-state index in [2.05, 4.69) is 27.3 Å². The van der Waals surface area contributed by atoms with Crippen LogP contribution in [0, 0.1) is 6.92 Å². The number of hydrogen-bond acceptors (Lipinski definition) is 4. The summed E-state index contributed by atoms with van der Waals surface area (Å²) in [5, 5.41) is 10.2. The van der Waals surface area contributed by atoms with E-state index in [9.17, 15) is 4.79 Å². The molecule has 3 aromatic rings. The van der Waals surface area contributed by atoms with Gasteiger partial charge in [0.25, 0.3) is 5.91 Å². The number of rotatable bonds is 3. The van der Waals surface area contributed by atoms with Crippen molar-refractivity contribution in [1.29, 1.82) is 0 Å². The highest BCUT2D eigenvalue weighted by atomic mass is 32.1. The Bertz CT molecular complexity index is 862. The molecule has 3 heterocycles. The first-order chi connectivity index (χ1) is 12.2. The lowest BCUT2D eigenvalue weighted by Crippen LogP contribution is -2.38. The molecule has 0 saturated carbocycles. The summed E-state index contributed by atoms with van der Waals surface area (Å²) in [4.78, 5) is 18.8. The summed E-state index contributed by atoms with van der Waals surface area (Å²) < 4.78 is 0. The van der Waals surface area contributed by atoms with Gasteiger partial charge in [-0.15, -0.1) is 11.3 Å². The van der Waals surface area contributed by atoms with Crippen LogP contribution >= 0.6 is 11.3 Å². The van der Waals surface area contributed by atoms with Gasteiger partial charge in [-0.05, 0) is 25.3 Å². The predicted molar refractivity (Wildman–Crippen MR) is 98.8 cm³/mol. The van der Waals surface area contributed by atoms with Gasteiger partial charge in [0, 0.05) is 35.6 Å². The average molecular weight is 352 g/mol. The maximum Gasteiger partial charge on any atom is 0.273 e. The van der Waals surface area contributed by atoms with Crippen molar-refractivity contribution in [3.8, 4) is 11.1 Å². The maximum absolute atomic E-state index is 12.5. The molecule has 128 valence electrons. The molecule has 1 aliphatic rings. The number of H-pyrrole nitrogens is 1. The van der Waals surface area contributed by atoms with Crippen LogP contribution < -0.4 is 0 Å². The summed E-state index contributed by atoms with van der Waals surface area (Å²) in [6, 6.07) is 10.3. The Morgan fingerprint density at radius 3 is 2.68 bits per heavy atom. The summed E-state index contributed by atoms with van der Waals surface area (Å²) in [6.07, 6.45) is 3.79. The third-order valence-corrected chi connectivity index (χ3v) is 5.56. The third kappa shape index (κ3) is 3.22. The zero-order chi connectivity index (χ0) is 17.2. The normalized spacial score (nSPS) is 15.5. The quantitative estimate of drug-likeness (QED) is 0.778. The Labute approximate surface area is 150 Å². The first-order valence-electron chi connectivity index (χ1n) is 8.52. The lowest BCUT2D eigenvalue weighted by atomic mass is 9.89. The molecule has 0 aliphatic carbocycles. The van der Waals surface area contributed by atoms with Crippen LogP contribution in [0.3, 0.4) is 0 Å². The van der Waals surface area contributed by atoms with Crippen LogP contribution in [0.1, 0.15) is 39.9 Å². The number of carbonyl (C=O) groups excluding carboxylic acids is 1. The van der Waals surface area contributed by atoms with Crippen LogP contribution in [0.2, 0.25) is 0 Å². The van der Waals surface area contributed by atoms with Crippen molar-refractivity contribution in [2.45, 2.75) is 25.7 Å². The van der Waals surface area contributed by atoms with Gasteiger partial charge in [0.1, 0.15) is 5.69 Å². The van der Waals surface area contributed by atoms with Crippen LogP contribution in [0.4, 0.5) is 0 Å². The molecule has 5 nitrogen and oxygen atoms in total. The number of aryl methyl sites for hydroxylation is 1. The summed E-state index contributed by atoms with van der Waals surface area (Å²) in [5.41, 5.74) is 4.11. The van der Waals surface area contributed by atoms with Gasteiger partial charge in [-0.2, -0.15) is 5.10 Å². The second kappa shape index (κ2) is 6.80. The molecular weight excluding hydrogens is 332 g/mol. The highest BCUT2D eigenvalue weighted by Crippen LogP contribution is 2.34. The van der Waals surface area contributed by atoms with Gasteiger partial charge in [0.15, 0.2) is 0 Å². The topological polar surface area (TPSA) is 61.9 Å². The minimum atomic E-state index is 0.0516. The SMILES string of the molecule is Cc1nc(C(=O)N2CCC(c3[nH]ncc3-c3ccccc3)CC2)cs1. The molecule has 2 aromatic heterocycles. The van der Waals surface area contributed by atoms with Crippen molar-refractivity contribution in [2.24, 2.45) is 0 Å². The van der Waals surface area contributed by atoms with E-state index in [4.69, 9.17) is 0 Å². The maximum atomic E-state index is 12.5. The van der Waals surface area contributed by atoms with Crippen molar-refractivity contribution in [3.63, 3.8) is 0 Å². The number of likely N-dealkylation sites (tertiary alicyclic amines) is 1. The lowest BCUT2D eigenvalue weighted by molar-refractivity contribution is 0.0707. The van der Waals surface area contributed by atoms with E-state index in [0.29, 0.717) is 11.6 Å². The van der Waals surface area contributed by atoms with Gasteiger partial charge < -0.3 is 4.90 Å². The molecule has 0 spiro atoms. The van der Waals surface area contributed by atoms with Crippen LogP contribution in [-0.4, -0.2) is 39.1 Å². The second-order valence-electron chi connectivity index (χ2n) is 6.38. The number of aromatic nitrogens is 3. The molecule has 0 atom stereocenters. The Morgan fingerprint density at radius 1 is 1.24 bits per heavy atom. The van der Waals surface area contributed by atoms with Crippen molar-refractivity contribution in [1.82, 2.24) is 20.1 Å². The fraction of sp³-hybridized carbons (Fsp3) is 0.316. The number of piperidine rings is 1. The van der Waals surface area contributed by atoms with E-state index in [-0.39, 0.29) is 5.91 Å². The third-order valence-electron chi connectivity index (χ3n) is 4.78. The zero-order valence-corrected chi connectivity index (χ0v) is 14.9. The first kappa shape index (κ1) is 16.0. The summed E-state index contributed by atoms with van der Waals surface area (Å²) >= 11 is 1.52. The first-order valence-corrected chi connectivity index (χ1v) is 9.40. The highest BCUT2D eigenvalue weighted by molar-refractivity contribution is 7.09. The van der Waals surface area contributed by atoms with Gasteiger partial charge >= 0.3 is 0 Å². The molecule has 0 radical (unpaired) electrons. The number of hydrogen-bond donors (Lipinski definition) is 1. The standard InChI is InChI=1S/C19H20N4OS/c1-13-21-17(12-25-13)19(24)23-9-7-15(8-10-23)18-16(11-20-22-18)14-5-3-2-4-6-14/h2-6,11-12,15H,7-10H2,1H3,(H,20,22). The molecule has 1 fully saturated rings. The van der Waals surface area contributed by atoms with E-state index >= 15 is 0 Å². The van der Waals surface area contributed by atoms with E-state index in [1.807, 2.05) is 41.6 Å². The van der Waals surface area contributed by atoms with Crippen LogP contribution in [0.15, 0.2) is 41.9 Å². The number of benzene rings is 1. The number of amides is 1. The molecule has 4 rings (SSSR count). The van der Waals surface area contributed by atoms with E-state index in [1.54, 1.807) is 0 Å². The van der Waals surface area contributed by atoms with Crippen LogP contribution in [0.5, 0.6) is 0 Å². The molecule has 6 heteroatoms.